The van der Waals surface area contributed by atoms with Crippen LogP contribution in [0.25, 0.3) is 0 Å². The van der Waals surface area contributed by atoms with Gasteiger partial charge in [-0.15, -0.1) is 0 Å². The van der Waals surface area contributed by atoms with Gasteiger partial charge < -0.3 is 40.3 Å². The van der Waals surface area contributed by atoms with Gasteiger partial charge >= 0.3 is 0 Å². The number of rotatable bonds is 41. The lowest BCUT2D eigenvalue weighted by atomic mass is 9.99. The fraction of sp³-hybridized carbons (Fsp3) is 0.860. The molecule has 346 valence electrons. The van der Waals surface area contributed by atoms with Crippen molar-refractivity contribution in [1.29, 1.82) is 0 Å². The van der Waals surface area contributed by atoms with E-state index in [0.717, 1.165) is 44.9 Å². The minimum atomic E-state index is -1.57. The van der Waals surface area contributed by atoms with Gasteiger partial charge in [0.25, 0.3) is 0 Å². The monoisotopic (exact) mass is 836 g/mol. The third-order valence-corrected chi connectivity index (χ3v) is 11.7. The maximum atomic E-state index is 13.0. The first kappa shape index (κ1) is 55.4. The van der Waals surface area contributed by atoms with E-state index in [1.54, 1.807) is 6.08 Å². The summed E-state index contributed by atoms with van der Waals surface area (Å²) in [5.74, 6) is -0.180. The topological polar surface area (TPSA) is 149 Å². The maximum absolute atomic E-state index is 13.0. The Balaban J connectivity index is 2.26. The highest BCUT2D eigenvalue weighted by molar-refractivity contribution is 5.76. The lowest BCUT2D eigenvalue weighted by Gasteiger charge is -2.40. The fourth-order valence-corrected chi connectivity index (χ4v) is 7.68. The number of aliphatic hydroxyl groups is 5. The Kier molecular flexibility index (Phi) is 38.0. The maximum Gasteiger partial charge on any atom is 0.220 e. The second-order valence-corrected chi connectivity index (χ2v) is 17.2. The molecule has 0 radical (unpaired) electrons. The molecule has 7 atom stereocenters. The number of carbonyl (C=O) groups excluding carboxylic acids is 1. The SMILES string of the molecule is CCC/C=C/CCCCCCCC/C=C/[C@@H](O)[C@H](CO[C@H]1O[C@@H](CO)[C@H](O)C(O)C1O)NC(=O)CCCCCCCCCCCCCCC/C=C/CCCCCCCC. The molecule has 0 saturated carbocycles. The van der Waals surface area contributed by atoms with Crippen LogP contribution in [-0.4, -0.2) is 87.5 Å². The highest BCUT2D eigenvalue weighted by Crippen LogP contribution is 2.23. The second kappa shape index (κ2) is 40.5. The van der Waals surface area contributed by atoms with E-state index in [1.165, 1.54) is 154 Å². The third kappa shape index (κ3) is 31.0. The molecule has 1 rings (SSSR count). The van der Waals surface area contributed by atoms with Crippen molar-refractivity contribution in [2.24, 2.45) is 0 Å². The highest BCUT2D eigenvalue weighted by atomic mass is 16.7. The van der Waals surface area contributed by atoms with Gasteiger partial charge in [-0.05, 0) is 64.2 Å². The standard InChI is InChI=1S/C50H93NO8/c1-3-5-7-9-11-13-15-17-18-19-20-21-22-23-24-25-26-28-30-32-34-36-38-40-46(54)51-43(42-58-50-49(57)48(56)47(55)45(41-52)59-50)44(53)39-37-35-33-31-29-27-16-14-12-10-8-6-4-2/h8,10,17-18,37,39,43-45,47-50,52-53,55-57H,3-7,9,11-16,19-36,38,40-42H2,1-2H3,(H,51,54)/b10-8+,18-17+,39-37+/t43-,44+,45-,47-,48?,49?,50-/m0/s1. The number of hydrogen-bond acceptors (Lipinski definition) is 8. The van der Waals surface area contributed by atoms with Crippen molar-refractivity contribution in [1.82, 2.24) is 5.32 Å². The number of hydrogen-bond donors (Lipinski definition) is 6. The quantitative estimate of drug-likeness (QED) is 0.0263. The molecule has 0 aromatic carbocycles. The molecule has 1 heterocycles. The molecular weight excluding hydrogens is 743 g/mol. The van der Waals surface area contributed by atoms with E-state index in [1.807, 2.05) is 6.08 Å². The van der Waals surface area contributed by atoms with Gasteiger partial charge in [0.15, 0.2) is 6.29 Å². The van der Waals surface area contributed by atoms with Crippen LogP contribution in [0.5, 0.6) is 0 Å². The molecule has 0 aliphatic carbocycles. The van der Waals surface area contributed by atoms with Crippen molar-refractivity contribution in [2.75, 3.05) is 13.2 Å². The lowest BCUT2D eigenvalue weighted by molar-refractivity contribution is -0.302. The van der Waals surface area contributed by atoms with Gasteiger partial charge in [-0.25, -0.2) is 0 Å². The predicted octanol–water partition coefficient (Wildman–Crippen LogP) is 10.8. The molecule has 1 aliphatic rings. The summed E-state index contributed by atoms with van der Waals surface area (Å²) < 4.78 is 11.2. The first-order valence-corrected chi connectivity index (χ1v) is 24.7. The van der Waals surface area contributed by atoms with Gasteiger partial charge in [0.2, 0.25) is 5.91 Å². The summed E-state index contributed by atoms with van der Waals surface area (Å²) in [4.78, 5) is 13.0. The average molecular weight is 836 g/mol. The van der Waals surface area contributed by atoms with Crippen LogP contribution in [-0.2, 0) is 14.3 Å². The Morgan fingerprint density at radius 1 is 0.559 bits per heavy atom. The van der Waals surface area contributed by atoms with E-state index in [2.05, 4.69) is 43.5 Å². The van der Waals surface area contributed by atoms with E-state index < -0.39 is 49.5 Å². The second-order valence-electron chi connectivity index (χ2n) is 17.2. The molecule has 2 unspecified atom stereocenters. The van der Waals surface area contributed by atoms with E-state index in [0.29, 0.717) is 6.42 Å². The van der Waals surface area contributed by atoms with Crippen molar-refractivity contribution in [3.05, 3.63) is 36.5 Å². The number of amides is 1. The summed E-state index contributed by atoms with van der Waals surface area (Å²) in [6.07, 6.45) is 43.4. The number of ether oxygens (including phenoxy) is 2. The fourth-order valence-electron chi connectivity index (χ4n) is 7.68. The predicted molar refractivity (Wildman–Crippen MR) is 244 cm³/mol. The van der Waals surface area contributed by atoms with Crippen LogP contribution in [0.1, 0.15) is 219 Å². The summed E-state index contributed by atoms with van der Waals surface area (Å²) in [5.41, 5.74) is 0. The van der Waals surface area contributed by atoms with Gasteiger partial charge in [0, 0.05) is 6.42 Å². The summed E-state index contributed by atoms with van der Waals surface area (Å²) in [5, 5.41) is 54.2. The molecular formula is C50H93NO8. The van der Waals surface area contributed by atoms with Crippen LogP contribution in [0, 0.1) is 0 Å². The Bertz CT molecular complexity index is 1020. The van der Waals surface area contributed by atoms with E-state index >= 15 is 0 Å². The molecule has 0 aromatic heterocycles. The summed E-state index contributed by atoms with van der Waals surface area (Å²) >= 11 is 0. The Morgan fingerprint density at radius 2 is 0.983 bits per heavy atom. The van der Waals surface area contributed by atoms with Crippen LogP contribution < -0.4 is 5.32 Å². The molecule has 6 N–H and O–H groups in total. The van der Waals surface area contributed by atoms with Gasteiger partial charge in [-0.2, -0.15) is 0 Å². The minimum Gasteiger partial charge on any atom is -0.394 e. The molecule has 0 spiro atoms. The van der Waals surface area contributed by atoms with Gasteiger partial charge in [-0.3, -0.25) is 4.79 Å². The summed E-state index contributed by atoms with van der Waals surface area (Å²) in [6, 6.07) is -0.806. The Hall–Kier alpha value is -1.59. The number of unbranched alkanes of at least 4 members (excludes halogenated alkanes) is 27. The van der Waals surface area contributed by atoms with Crippen LogP contribution in [0.15, 0.2) is 36.5 Å². The van der Waals surface area contributed by atoms with Crippen LogP contribution in [0.4, 0.5) is 0 Å². The molecule has 0 bridgehead atoms. The zero-order chi connectivity index (χ0) is 43.0. The van der Waals surface area contributed by atoms with Crippen LogP contribution >= 0.6 is 0 Å². The van der Waals surface area contributed by atoms with Gasteiger partial charge in [-0.1, -0.05) is 185 Å². The molecule has 9 nitrogen and oxygen atoms in total. The summed E-state index contributed by atoms with van der Waals surface area (Å²) in [7, 11) is 0. The van der Waals surface area contributed by atoms with Crippen LogP contribution in [0.2, 0.25) is 0 Å². The highest BCUT2D eigenvalue weighted by Gasteiger charge is 2.44. The van der Waals surface area contributed by atoms with Crippen molar-refractivity contribution >= 4 is 5.91 Å². The molecule has 1 amide bonds. The average Bonchev–Trinajstić information content (AvgIpc) is 3.23. The summed E-state index contributed by atoms with van der Waals surface area (Å²) in [6.45, 7) is 3.72. The zero-order valence-electron chi connectivity index (χ0n) is 38.0. The molecule has 1 aliphatic heterocycles. The minimum absolute atomic E-state index is 0.180. The van der Waals surface area contributed by atoms with E-state index in [4.69, 9.17) is 9.47 Å². The van der Waals surface area contributed by atoms with Crippen molar-refractivity contribution in [2.45, 2.75) is 262 Å². The largest absolute Gasteiger partial charge is 0.394 e. The lowest BCUT2D eigenvalue weighted by Crippen LogP contribution is -2.60. The Morgan fingerprint density at radius 3 is 1.44 bits per heavy atom. The third-order valence-electron chi connectivity index (χ3n) is 11.7. The number of allylic oxidation sites excluding steroid dienone is 5. The molecule has 1 saturated heterocycles. The number of aliphatic hydroxyl groups excluding tert-OH is 5. The molecule has 1 fully saturated rings. The van der Waals surface area contributed by atoms with Crippen LogP contribution in [0.3, 0.4) is 0 Å². The smallest absolute Gasteiger partial charge is 0.220 e. The van der Waals surface area contributed by atoms with Crippen molar-refractivity contribution < 1.29 is 39.8 Å². The first-order valence-electron chi connectivity index (χ1n) is 24.7. The Labute approximate surface area is 361 Å². The normalized spacial score (nSPS) is 21.0. The number of nitrogens with one attached hydrogen (secondary N) is 1. The number of carbonyl (C=O) groups is 1. The van der Waals surface area contributed by atoms with E-state index in [9.17, 15) is 30.3 Å². The van der Waals surface area contributed by atoms with Crippen molar-refractivity contribution in [3.8, 4) is 0 Å². The first-order chi connectivity index (χ1) is 28.8. The van der Waals surface area contributed by atoms with E-state index in [-0.39, 0.29) is 12.5 Å². The van der Waals surface area contributed by atoms with Gasteiger partial charge in [0.05, 0.1) is 25.4 Å². The molecule has 59 heavy (non-hydrogen) atoms. The molecule has 9 heteroatoms. The molecule has 0 aromatic rings. The zero-order valence-corrected chi connectivity index (χ0v) is 38.0. The van der Waals surface area contributed by atoms with Gasteiger partial charge in [0.1, 0.15) is 24.4 Å². The van der Waals surface area contributed by atoms with Crippen molar-refractivity contribution in [3.63, 3.8) is 0 Å².